The van der Waals surface area contributed by atoms with Gasteiger partial charge < -0.3 is 10.4 Å². The smallest absolute Gasteiger partial charge is 0.306 e. The van der Waals surface area contributed by atoms with E-state index in [0.717, 1.165) is 12.8 Å². The van der Waals surface area contributed by atoms with Crippen LogP contribution < -0.4 is 5.32 Å². The predicted octanol–water partition coefficient (Wildman–Crippen LogP) is 2.64. The number of carboxylic acids is 1. The van der Waals surface area contributed by atoms with Crippen LogP contribution in [0.3, 0.4) is 0 Å². The molecule has 0 unspecified atom stereocenters. The maximum Gasteiger partial charge on any atom is 0.306 e. The summed E-state index contributed by atoms with van der Waals surface area (Å²) in [5.41, 5.74) is 2.72. The molecule has 22 heavy (non-hydrogen) atoms. The highest BCUT2D eigenvalue weighted by atomic mass is 16.4. The summed E-state index contributed by atoms with van der Waals surface area (Å²) in [4.78, 5) is 23.3. The molecular formula is C18H23NO3. The first-order chi connectivity index (χ1) is 10.5. The second kappa shape index (κ2) is 5.75. The van der Waals surface area contributed by atoms with E-state index in [0.29, 0.717) is 25.8 Å². The Kier molecular flexibility index (Phi) is 3.94. The number of hydrogen-bond acceptors (Lipinski definition) is 2. The van der Waals surface area contributed by atoms with Crippen LogP contribution in [-0.4, -0.2) is 23.5 Å². The molecule has 0 aliphatic heterocycles. The summed E-state index contributed by atoms with van der Waals surface area (Å²) in [6.07, 6.45) is 4.02. The van der Waals surface area contributed by atoms with Gasteiger partial charge in [-0.05, 0) is 50.2 Å². The molecule has 0 bridgehead atoms. The quantitative estimate of drug-likeness (QED) is 0.878. The van der Waals surface area contributed by atoms with Crippen LogP contribution >= 0.6 is 0 Å². The Bertz CT molecular complexity index is 592. The molecule has 1 amide bonds. The molecule has 118 valence electrons. The highest BCUT2D eigenvalue weighted by molar-refractivity contribution is 5.81. The average Bonchev–Trinajstić information content (AvgIpc) is 3.10. The van der Waals surface area contributed by atoms with E-state index in [9.17, 15) is 9.59 Å². The van der Waals surface area contributed by atoms with Crippen LogP contribution in [0.1, 0.15) is 43.2 Å². The SMILES string of the molecule is Cc1ccccc1C1(CNC(=O)[C@@H]2CC[C@H](C(=O)O)C2)CC1. The Morgan fingerprint density at radius 1 is 1.23 bits per heavy atom. The lowest BCUT2D eigenvalue weighted by molar-refractivity contribution is -0.141. The molecule has 1 aromatic carbocycles. The van der Waals surface area contributed by atoms with Gasteiger partial charge in [0.2, 0.25) is 5.91 Å². The fraction of sp³-hybridized carbons (Fsp3) is 0.556. The van der Waals surface area contributed by atoms with Crippen LogP contribution in [0.15, 0.2) is 24.3 Å². The number of rotatable bonds is 5. The summed E-state index contributed by atoms with van der Waals surface area (Å²) in [6.45, 7) is 2.79. The van der Waals surface area contributed by atoms with Crippen molar-refractivity contribution in [1.29, 1.82) is 0 Å². The summed E-state index contributed by atoms with van der Waals surface area (Å²) in [6, 6.07) is 8.37. The van der Waals surface area contributed by atoms with Crippen molar-refractivity contribution in [1.82, 2.24) is 5.32 Å². The van der Waals surface area contributed by atoms with Crippen molar-refractivity contribution < 1.29 is 14.7 Å². The largest absolute Gasteiger partial charge is 0.481 e. The molecule has 0 radical (unpaired) electrons. The monoisotopic (exact) mass is 301 g/mol. The standard InChI is InChI=1S/C18H23NO3/c1-12-4-2-3-5-15(12)18(8-9-18)11-19-16(20)13-6-7-14(10-13)17(21)22/h2-5,13-14H,6-11H2,1H3,(H,19,20)(H,21,22)/t13-,14+/m1/s1. The van der Waals surface area contributed by atoms with Crippen LogP contribution in [0.25, 0.3) is 0 Å². The van der Waals surface area contributed by atoms with Gasteiger partial charge in [-0.2, -0.15) is 0 Å². The molecule has 0 saturated heterocycles. The van der Waals surface area contributed by atoms with Gasteiger partial charge in [0, 0.05) is 17.9 Å². The highest BCUT2D eigenvalue weighted by Gasteiger charge is 2.45. The molecule has 1 aromatic rings. The zero-order valence-corrected chi connectivity index (χ0v) is 13.0. The Labute approximate surface area is 130 Å². The molecule has 4 heteroatoms. The number of aryl methyl sites for hydroxylation is 1. The van der Waals surface area contributed by atoms with Gasteiger partial charge in [0.05, 0.1) is 5.92 Å². The summed E-state index contributed by atoms with van der Waals surface area (Å²) in [7, 11) is 0. The minimum atomic E-state index is -0.770. The third-order valence-electron chi connectivity index (χ3n) is 5.32. The number of benzene rings is 1. The molecular weight excluding hydrogens is 278 g/mol. The van der Waals surface area contributed by atoms with Gasteiger partial charge >= 0.3 is 5.97 Å². The van der Waals surface area contributed by atoms with E-state index in [1.165, 1.54) is 11.1 Å². The number of amides is 1. The van der Waals surface area contributed by atoms with Crippen molar-refractivity contribution in [3.63, 3.8) is 0 Å². The second-order valence-corrected chi connectivity index (χ2v) is 6.86. The van der Waals surface area contributed by atoms with Crippen LogP contribution in [0, 0.1) is 18.8 Å². The van der Waals surface area contributed by atoms with Crippen molar-refractivity contribution >= 4 is 11.9 Å². The van der Waals surface area contributed by atoms with E-state index in [-0.39, 0.29) is 23.2 Å². The predicted molar refractivity (Wildman–Crippen MR) is 83.6 cm³/mol. The summed E-state index contributed by atoms with van der Waals surface area (Å²) >= 11 is 0. The van der Waals surface area contributed by atoms with Gasteiger partial charge in [-0.3, -0.25) is 9.59 Å². The van der Waals surface area contributed by atoms with Gasteiger partial charge in [-0.25, -0.2) is 0 Å². The minimum absolute atomic E-state index is 0.0311. The number of aliphatic carboxylic acids is 1. The Morgan fingerprint density at radius 2 is 1.91 bits per heavy atom. The van der Waals surface area contributed by atoms with Crippen LogP contribution in [0.2, 0.25) is 0 Å². The molecule has 2 saturated carbocycles. The van der Waals surface area contributed by atoms with E-state index >= 15 is 0 Å². The Balaban J connectivity index is 1.58. The van der Waals surface area contributed by atoms with Crippen LogP contribution in [0.4, 0.5) is 0 Å². The normalized spacial score (nSPS) is 25.7. The van der Waals surface area contributed by atoms with E-state index in [2.05, 4.69) is 30.4 Å². The van der Waals surface area contributed by atoms with E-state index in [1.807, 2.05) is 6.07 Å². The maximum atomic E-state index is 12.3. The summed E-state index contributed by atoms with van der Waals surface area (Å²) in [5, 5.41) is 12.1. The molecule has 4 nitrogen and oxygen atoms in total. The number of carboxylic acid groups (broad SMARTS) is 1. The number of hydrogen-bond donors (Lipinski definition) is 2. The third-order valence-corrected chi connectivity index (χ3v) is 5.32. The molecule has 2 aliphatic carbocycles. The summed E-state index contributed by atoms with van der Waals surface area (Å²) < 4.78 is 0. The van der Waals surface area contributed by atoms with Crippen molar-refractivity contribution in [2.45, 2.75) is 44.4 Å². The second-order valence-electron chi connectivity index (χ2n) is 6.86. The number of nitrogens with one attached hydrogen (secondary N) is 1. The number of carbonyl (C=O) groups is 2. The highest BCUT2D eigenvalue weighted by Crippen LogP contribution is 2.48. The maximum absolute atomic E-state index is 12.3. The summed E-state index contributed by atoms with van der Waals surface area (Å²) in [5.74, 6) is -1.21. The van der Waals surface area contributed by atoms with Gasteiger partial charge in [0.15, 0.2) is 0 Å². The minimum Gasteiger partial charge on any atom is -0.481 e. The lowest BCUT2D eigenvalue weighted by Crippen LogP contribution is -2.36. The van der Waals surface area contributed by atoms with Crippen LogP contribution in [-0.2, 0) is 15.0 Å². The zero-order chi connectivity index (χ0) is 15.7. The third kappa shape index (κ3) is 2.87. The van der Waals surface area contributed by atoms with Gasteiger partial charge in [-0.15, -0.1) is 0 Å². The number of carbonyl (C=O) groups excluding carboxylic acids is 1. The fourth-order valence-electron chi connectivity index (χ4n) is 3.70. The lowest BCUT2D eigenvalue weighted by Gasteiger charge is -2.20. The fourth-order valence-corrected chi connectivity index (χ4v) is 3.70. The van der Waals surface area contributed by atoms with E-state index < -0.39 is 5.97 Å². The van der Waals surface area contributed by atoms with E-state index in [1.54, 1.807) is 0 Å². The van der Waals surface area contributed by atoms with Crippen molar-refractivity contribution in [2.75, 3.05) is 6.54 Å². The average molecular weight is 301 g/mol. The molecule has 2 N–H and O–H groups in total. The molecule has 3 rings (SSSR count). The van der Waals surface area contributed by atoms with Crippen molar-refractivity contribution in [2.24, 2.45) is 11.8 Å². The molecule has 2 fully saturated rings. The van der Waals surface area contributed by atoms with Crippen molar-refractivity contribution in [3.05, 3.63) is 35.4 Å². The molecule has 0 aromatic heterocycles. The molecule has 2 aliphatic rings. The molecule has 0 spiro atoms. The van der Waals surface area contributed by atoms with Gasteiger partial charge in [0.25, 0.3) is 0 Å². The Morgan fingerprint density at radius 3 is 2.50 bits per heavy atom. The molecule has 0 heterocycles. The van der Waals surface area contributed by atoms with Crippen LogP contribution in [0.5, 0.6) is 0 Å². The lowest BCUT2D eigenvalue weighted by atomic mass is 9.91. The van der Waals surface area contributed by atoms with Gasteiger partial charge in [-0.1, -0.05) is 24.3 Å². The van der Waals surface area contributed by atoms with Crippen molar-refractivity contribution in [3.8, 4) is 0 Å². The Hall–Kier alpha value is -1.84. The molecule has 2 atom stereocenters. The van der Waals surface area contributed by atoms with Gasteiger partial charge in [0.1, 0.15) is 0 Å². The first-order valence-corrected chi connectivity index (χ1v) is 8.08. The first-order valence-electron chi connectivity index (χ1n) is 8.08. The van der Waals surface area contributed by atoms with E-state index in [4.69, 9.17) is 5.11 Å². The first kappa shape index (κ1) is 15.1. The topological polar surface area (TPSA) is 66.4 Å². The zero-order valence-electron chi connectivity index (χ0n) is 13.0.